The Morgan fingerprint density at radius 2 is 2.22 bits per heavy atom. The number of anilines is 1. The highest BCUT2D eigenvalue weighted by atomic mass is 16.3. The molecule has 1 aliphatic heterocycles. The van der Waals surface area contributed by atoms with Gasteiger partial charge >= 0.3 is 0 Å². The molecule has 1 heterocycles. The van der Waals surface area contributed by atoms with Gasteiger partial charge in [-0.25, -0.2) is 0 Å². The fraction of sp³-hybridized carbons (Fsp3) is 0.500. The summed E-state index contributed by atoms with van der Waals surface area (Å²) in [6.07, 6.45) is 0.336. The number of hydrogen-bond acceptors (Lipinski definition) is 3. The first-order valence-electron chi connectivity index (χ1n) is 6.32. The number of nitrogen functional groups attached to an aromatic ring is 1. The van der Waals surface area contributed by atoms with Crippen molar-refractivity contribution in [3.8, 4) is 0 Å². The van der Waals surface area contributed by atoms with Crippen LogP contribution in [0.3, 0.4) is 0 Å². The van der Waals surface area contributed by atoms with E-state index in [0.29, 0.717) is 30.8 Å². The second-order valence-corrected chi connectivity index (χ2v) is 5.18. The third-order valence-corrected chi connectivity index (χ3v) is 3.59. The van der Waals surface area contributed by atoms with E-state index in [0.717, 1.165) is 5.56 Å². The molecule has 3 N–H and O–H groups in total. The lowest BCUT2D eigenvalue weighted by Gasteiger charge is -2.34. The smallest absolute Gasteiger partial charge is 0.255 e. The topological polar surface area (TPSA) is 66.6 Å². The Morgan fingerprint density at radius 3 is 2.89 bits per heavy atom. The standard InChI is InChI=1S/C14H20N2O2/c1-9-3-4-12(15)11(7-9)14(18)16-6-5-13(17)10(2)8-16/h3-4,7,10,13,17H,5-6,8,15H2,1-2H3. The van der Waals surface area contributed by atoms with E-state index < -0.39 is 0 Å². The van der Waals surface area contributed by atoms with Crippen LogP contribution in [0.25, 0.3) is 0 Å². The summed E-state index contributed by atoms with van der Waals surface area (Å²) in [6, 6.07) is 5.49. The molecule has 0 bridgehead atoms. The van der Waals surface area contributed by atoms with Crippen molar-refractivity contribution in [1.29, 1.82) is 0 Å². The Hall–Kier alpha value is -1.55. The van der Waals surface area contributed by atoms with Crippen molar-refractivity contribution in [3.63, 3.8) is 0 Å². The van der Waals surface area contributed by atoms with Crippen LogP contribution >= 0.6 is 0 Å². The molecule has 2 atom stereocenters. The molecule has 1 saturated heterocycles. The fourth-order valence-corrected chi connectivity index (χ4v) is 2.34. The van der Waals surface area contributed by atoms with Crippen LogP contribution in [0.4, 0.5) is 5.69 Å². The Bertz CT molecular complexity index is 459. The average Bonchev–Trinajstić information content (AvgIpc) is 2.35. The van der Waals surface area contributed by atoms with Crippen molar-refractivity contribution in [1.82, 2.24) is 4.90 Å². The van der Waals surface area contributed by atoms with E-state index >= 15 is 0 Å². The minimum Gasteiger partial charge on any atom is -0.398 e. The normalized spacial score (nSPS) is 24.1. The monoisotopic (exact) mass is 248 g/mol. The zero-order valence-electron chi connectivity index (χ0n) is 10.9. The molecule has 1 amide bonds. The van der Waals surface area contributed by atoms with Crippen molar-refractivity contribution < 1.29 is 9.90 Å². The molecule has 1 aromatic rings. The van der Waals surface area contributed by atoms with Gasteiger partial charge in [-0.1, -0.05) is 18.6 Å². The maximum absolute atomic E-state index is 12.4. The highest BCUT2D eigenvalue weighted by Gasteiger charge is 2.28. The molecular formula is C14H20N2O2. The summed E-state index contributed by atoms with van der Waals surface area (Å²) in [4.78, 5) is 14.2. The van der Waals surface area contributed by atoms with Crippen LogP contribution in [0.5, 0.6) is 0 Å². The van der Waals surface area contributed by atoms with Gasteiger partial charge in [0.05, 0.1) is 11.7 Å². The lowest BCUT2D eigenvalue weighted by atomic mass is 9.96. The van der Waals surface area contributed by atoms with Crippen LogP contribution < -0.4 is 5.73 Å². The first-order valence-corrected chi connectivity index (χ1v) is 6.32. The summed E-state index contributed by atoms with van der Waals surface area (Å²) in [6.45, 7) is 5.09. The first-order chi connectivity index (χ1) is 8.49. The molecule has 98 valence electrons. The van der Waals surface area contributed by atoms with Crippen LogP contribution in [0, 0.1) is 12.8 Å². The molecule has 2 rings (SSSR count). The number of aliphatic hydroxyl groups excluding tert-OH is 1. The molecule has 4 nitrogen and oxygen atoms in total. The van der Waals surface area contributed by atoms with Crippen LogP contribution in [0.2, 0.25) is 0 Å². The Labute approximate surface area is 107 Å². The van der Waals surface area contributed by atoms with E-state index in [4.69, 9.17) is 5.73 Å². The van der Waals surface area contributed by atoms with Crippen LogP contribution in [0.1, 0.15) is 29.3 Å². The van der Waals surface area contributed by atoms with Gasteiger partial charge in [-0.2, -0.15) is 0 Å². The highest BCUT2D eigenvalue weighted by Crippen LogP contribution is 2.21. The number of benzene rings is 1. The van der Waals surface area contributed by atoms with Gasteiger partial charge in [0.1, 0.15) is 0 Å². The molecule has 0 aromatic heterocycles. The summed E-state index contributed by atoms with van der Waals surface area (Å²) >= 11 is 0. The number of amides is 1. The zero-order valence-corrected chi connectivity index (χ0v) is 10.9. The third-order valence-electron chi connectivity index (χ3n) is 3.59. The van der Waals surface area contributed by atoms with Gasteiger partial charge in [-0.15, -0.1) is 0 Å². The van der Waals surface area contributed by atoms with Gasteiger partial charge in [0, 0.05) is 18.8 Å². The molecule has 4 heteroatoms. The molecule has 18 heavy (non-hydrogen) atoms. The number of aryl methyl sites for hydroxylation is 1. The van der Waals surface area contributed by atoms with Crippen LogP contribution in [-0.4, -0.2) is 35.1 Å². The van der Waals surface area contributed by atoms with E-state index in [1.54, 1.807) is 11.0 Å². The highest BCUT2D eigenvalue weighted by molar-refractivity contribution is 5.99. The second kappa shape index (κ2) is 4.98. The first kappa shape index (κ1) is 12.9. The SMILES string of the molecule is Cc1ccc(N)c(C(=O)N2CCC(O)C(C)C2)c1. The van der Waals surface area contributed by atoms with Gasteiger partial charge in [-0.05, 0) is 31.4 Å². The van der Waals surface area contributed by atoms with E-state index in [-0.39, 0.29) is 17.9 Å². The summed E-state index contributed by atoms with van der Waals surface area (Å²) in [5.41, 5.74) is 7.97. The number of rotatable bonds is 1. The molecule has 1 aromatic carbocycles. The number of hydrogen-bond donors (Lipinski definition) is 2. The summed E-state index contributed by atoms with van der Waals surface area (Å²) in [5, 5.41) is 9.68. The van der Waals surface area contributed by atoms with Crippen molar-refractivity contribution >= 4 is 11.6 Å². The summed E-state index contributed by atoms with van der Waals surface area (Å²) < 4.78 is 0. The number of nitrogens with zero attached hydrogens (tertiary/aromatic N) is 1. The van der Waals surface area contributed by atoms with E-state index in [9.17, 15) is 9.90 Å². The van der Waals surface area contributed by atoms with E-state index in [1.165, 1.54) is 0 Å². The van der Waals surface area contributed by atoms with Gasteiger partial charge in [0.15, 0.2) is 0 Å². The average molecular weight is 248 g/mol. The maximum atomic E-state index is 12.4. The Kier molecular flexibility index (Phi) is 3.57. The van der Waals surface area contributed by atoms with Gasteiger partial charge in [0.2, 0.25) is 0 Å². The largest absolute Gasteiger partial charge is 0.398 e. The summed E-state index contributed by atoms with van der Waals surface area (Å²) in [5.74, 6) is 0.0867. The Balaban J connectivity index is 2.19. The number of carbonyl (C=O) groups is 1. The minimum absolute atomic E-state index is 0.0325. The fourth-order valence-electron chi connectivity index (χ4n) is 2.34. The predicted molar refractivity (Wildman–Crippen MR) is 71.3 cm³/mol. The van der Waals surface area contributed by atoms with Gasteiger partial charge in [0.25, 0.3) is 5.91 Å². The lowest BCUT2D eigenvalue weighted by molar-refractivity contribution is 0.0298. The molecule has 1 fully saturated rings. The predicted octanol–water partition coefficient (Wildman–Crippen LogP) is 1.42. The summed E-state index contributed by atoms with van der Waals surface area (Å²) in [7, 11) is 0. The molecule has 0 radical (unpaired) electrons. The van der Waals surface area contributed by atoms with Crippen molar-refractivity contribution in [3.05, 3.63) is 29.3 Å². The second-order valence-electron chi connectivity index (χ2n) is 5.18. The zero-order chi connectivity index (χ0) is 13.3. The van der Waals surface area contributed by atoms with Crippen molar-refractivity contribution in [2.24, 2.45) is 5.92 Å². The number of likely N-dealkylation sites (tertiary alicyclic amines) is 1. The molecule has 0 aliphatic carbocycles. The molecule has 2 unspecified atom stereocenters. The lowest BCUT2D eigenvalue weighted by Crippen LogP contribution is -2.45. The number of nitrogens with two attached hydrogens (primary N) is 1. The molecule has 0 spiro atoms. The Morgan fingerprint density at radius 1 is 1.50 bits per heavy atom. The van der Waals surface area contributed by atoms with Gasteiger partial charge in [-0.3, -0.25) is 4.79 Å². The van der Waals surface area contributed by atoms with Crippen LogP contribution in [-0.2, 0) is 0 Å². The van der Waals surface area contributed by atoms with Crippen molar-refractivity contribution in [2.45, 2.75) is 26.4 Å². The quantitative estimate of drug-likeness (QED) is 0.739. The maximum Gasteiger partial charge on any atom is 0.255 e. The number of carbonyl (C=O) groups excluding carboxylic acids is 1. The minimum atomic E-state index is -0.302. The number of piperidine rings is 1. The van der Waals surface area contributed by atoms with Crippen molar-refractivity contribution in [2.75, 3.05) is 18.8 Å². The number of aliphatic hydroxyl groups is 1. The van der Waals surface area contributed by atoms with Gasteiger partial charge < -0.3 is 15.7 Å². The molecular weight excluding hydrogens is 228 g/mol. The van der Waals surface area contributed by atoms with E-state index in [2.05, 4.69) is 0 Å². The molecule has 0 saturated carbocycles. The van der Waals surface area contributed by atoms with E-state index in [1.807, 2.05) is 26.0 Å². The molecule has 1 aliphatic rings. The van der Waals surface area contributed by atoms with Crippen LogP contribution in [0.15, 0.2) is 18.2 Å². The third kappa shape index (κ3) is 2.48.